The number of carbonyl (C=O) groups excluding carboxylic acids is 1. The molecule has 3 rings (SSSR count). The predicted octanol–water partition coefficient (Wildman–Crippen LogP) is 3.75. The highest BCUT2D eigenvalue weighted by Gasteiger charge is 2.53. The average Bonchev–Trinajstić information content (AvgIpc) is 2.69. The van der Waals surface area contributed by atoms with E-state index >= 15 is 0 Å². The number of nitrogens with zero attached hydrogens (tertiary/aromatic N) is 3. The number of guanidine groups is 1. The third-order valence-electron chi connectivity index (χ3n) is 5.69. The van der Waals surface area contributed by atoms with Gasteiger partial charge in [-0.25, -0.2) is 18.2 Å². The van der Waals surface area contributed by atoms with Gasteiger partial charge in [0.25, 0.3) is 0 Å². The molecule has 3 N–H and O–H groups in total. The molecule has 30 heavy (non-hydrogen) atoms. The topological polar surface area (TPSA) is 94.5 Å². The van der Waals surface area contributed by atoms with Crippen LogP contribution in [0.15, 0.2) is 35.3 Å². The summed E-state index contributed by atoms with van der Waals surface area (Å²) in [5, 5.41) is 11.5. The molecule has 2 aromatic rings. The summed E-state index contributed by atoms with van der Waals surface area (Å²) in [5.41, 5.74) is 3.04. The number of nitrogens with one attached hydrogen (secondary N) is 1. The molecule has 0 saturated heterocycles. The summed E-state index contributed by atoms with van der Waals surface area (Å²) < 4.78 is 43.0. The number of carbonyl (C=O) groups is 1. The fourth-order valence-corrected chi connectivity index (χ4v) is 3.43. The number of hydrogen-bond acceptors (Lipinski definition) is 5. The fraction of sp³-hybridized carbons (Fsp3) is 0.286. The van der Waals surface area contributed by atoms with E-state index in [1.807, 2.05) is 0 Å². The van der Waals surface area contributed by atoms with E-state index in [4.69, 9.17) is 11.0 Å². The van der Waals surface area contributed by atoms with Crippen molar-refractivity contribution in [2.75, 3.05) is 12.4 Å². The normalized spacial score (nSPS) is 20.5. The molecular weight excluding hydrogens is 395 g/mol. The van der Waals surface area contributed by atoms with Gasteiger partial charge in [0.05, 0.1) is 16.7 Å². The number of hydrogen-bond donors (Lipinski definition) is 2. The number of benzene rings is 2. The molecule has 1 amide bonds. The third kappa shape index (κ3) is 3.14. The largest absolute Gasteiger partial charge is 0.369 e. The molecule has 1 atom stereocenters. The first-order chi connectivity index (χ1) is 13.9. The van der Waals surface area contributed by atoms with Gasteiger partial charge in [-0.05, 0) is 45.0 Å². The second kappa shape index (κ2) is 7.06. The van der Waals surface area contributed by atoms with E-state index in [1.54, 1.807) is 26.8 Å². The molecule has 0 fully saturated rings. The van der Waals surface area contributed by atoms with Crippen LogP contribution in [0.4, 0.5) is 24.5 Å². The van der Waals surface area contributed by atoms with Crippen LogP contribution in [0.25, 0.3) is 0 Å². The molecule has 2 aromatic carbocycles. The first-order valence-corrected chi connectivity index (χ1v) is 9.02. The lowest BCUT2D eigenvalue weighted by atomic mass is 9.67. The van der Waals surface area contributed by atoms with Crippen LogP contribution in [0, 0.1) is 34.2 Å². The first kappa shape index (κ1) is 21.2. The van der Waals surface area contributed by atoms with Gasteiger partial charge in [0.15, 0.2) is 5.96 Å². The second-order valence-electron chi connectivity index (χ2n) is 7.77. The number of aliphatic imine (C=N–C) groups is 1. The van der Waals surface area contributed by atoms with Crippen LogP contribution in [0.5, 0.6) is 0 Å². The maximum absolute atomic E-state index is 14.8. The number of amides is 1. The van der Waals surface area contributed by atoms with E-state index in [0.29, 0.717) is 0 Å². The van der Waals surface area contributed by atoms with E-state index in [1.165, 1.54) is 24.1 Å². The highest BCUT2D eigenvalue weighted by Crippen LogP contribution is 2.47. The Morgan fingerprint density at radius 3 is 2.40 bits per heavy atom. The SMILES string of the molecule is CN1C(=O)C(C)(C)[C@@](C)(c2cc(Nc3cc(F)c(C#N)cc3F)ccc2F)N=C1N. The Balaban J connectivity index is 2.10. The molecule has 156 valence electrons. The Labute approximate surface area is 171 Å². The molecule has 0 bridgehead atoms. The summed E-state index contributed by atoms with van der Waals surface area (Å²) in [7, 11) is 1.49. The molecule has 0 unspecified atom stereocenters. The van der Waals surface area contributed by atoms with Crippen molar-refractivity contribution >= 4 is 23.2 Å². The molecule has 6 nitrogen and oxygen atoms in total. The zero-order valence-electron chi connectivity index (χ0n) is 16.8. The summed E-state index contributed by atoms with van der Waals surface area (Å²) in [6.45, 7) is 4.86. The number of halogens is 3. The van der Waals surface area contributed by atoms with Gasteiger partial charge in [-0.15, -0.1) is 0 Å². The van der Waals surface area contributed by atoms with Crippen LogP contribution in [0.1, 0.15) is 31.9 Å². The summed E-state index contributed by atoms with van der Waals surface area (Å²) >= 11 is 0. The second-order valence-corrected chi connectivity index (χ2v) is 7.77. The van der Waals surface area contributed by atoms with Crippen LogP contribution in [-0.4, -0.2) is 23.8 Å². The van der Waals surface area contributed by atoms with Crippen LogP contribution in [0.3, 0.4) is 0 Å². The maximum atomic E-state index is 14.8. The van der Waals surface area contributed by atoms with E-state index in [9.17, 15) is 18.0 Å². The number of anilines is 2. The number of nitrogens with two attached hydrogens (primary N) is 1. The molecule has 0 aliphatic carbocycles. The van der Waals surface area contributed by atoms with Crippen molar-refractivity contribution in [2.45, 2.75) is 26.3 Å². The van der Waals surface area contributed by atoms with Crippen LogP contribution >= 0.6 is 0 Å². The van der Waals surface area contributed by atoms with E-state index in [-0.39, 0.29) is 28.8 Å². The van der Waals surface area contributed by atoms with Gasteiger partial charge in [-0.2, -0.15) is 5.26 Å². The first-order valence-electron chi connectivity index (χ1n) is 9.02. The zero-order chi connectivity index (χ0) is 22.4. The Morgan fingerprint density at radius 2 is 1.77 bits per heavy atom. The van der Waals surface area contributed by atoms with Gasteiger partial charge in [-0.1, -0.05) is 0 Å². The van der Waals surface area contributed by atoms with Gasteiger partial charge in [0, 0.05) is 24.4 Å². The van der Waals surface area contributed by atoms with Crippen molar-refractivity contribution in [1.82, 2.24) is 4.90 Å². The maximum Gasteiger partial charge on any atom is 0.237 e. The highest BCUT2D eigenvalue weighted by molar-refractivity contribution is 6.01. The minimum atomic E-state index is -1.35. The smallest absolute Gasteiger partial charge is 0.237 e. The van der Waals surface area contributed by atoms with Crippen molar-refractivity contribution < 1.29 is 18.0 Å². The highest BCUT2D eigenvalue weighted by atomic mass is 19.1. The van der Waals surface area contributed by atoms with Crippen molar-refractivity contribution in [3.8, 4) is 6.07 Å². The van der Waals surface area contributed by atoms with E-state index in [2.05, 4.69) is 10.3 Å². The molecule has 0 saturated carbocycles. The lowest BCUT2D eigenvalue weighted by Gasteiger charge is -2.46. The minimum Gasteiger partial charge on any atom is -0.369 e. The third-order valence-corrected chi connectivity index (χ3v) is 5.69. The summed E-state index contributed by atoms with van der Waals surface area (Å²) in [6, 6.07) is 7.04. The molecule has 0 spiro atoms. The molecule has 1 heterocycles. The van der Waals surface area contributed by atoms with Gasteiger partial charge in [-0.3, -0.25) is 9.69 Å². The Hall–Kier alpha value is -3.54. The lowest BCUT2D eigenvalue weighted by molar-refractivity contribution is -0.140. The summed E-state index contributed by atoms with van der Waals surface area (Å²) in [4.78, 5) is 18.4. The summed E-state index contributed by atoms with van der Waals surface area (Å²) in [5.74, 6) is -2.76. The molecular formula is C21H20F3N5O. The number of nitriles is 1. The number of rotatable bonds is 3. The average molecular weight is 415 g/mol. The van der Waals surface area contributed by atoms with Crippen molar-refractivity contribution in [3.63, 3.8) is 0 Å². The standard InChI is InChI=1S/C21H20F3N5O/c1-20(2)18(30)29(4)19(26)28-21(20,3)13-8-12(5-6-14(13)22)27-17-9-15(23)11(10-25)7-16(17)24/h5-9,27H,1-4H3,(H2,26,28)/t21-/m1/s1. The van der Waals surface area contributed by atoms with Crippen molar-refractivity contribution in [1.29, 1.82) is 5.26 Å². The van der Waals surface area contributed by atoms with E-state index < -0.39 is 34.0 Å². The Kier molecular flexibility index (Phi) is 4.98. The molecule has 1 aliphatic heterocycles. The minimum absolute atomic E-state index is 0.0557. The van der Waals surface area contributed by atoms with Crippen molar-refractivity contribution in [2.24, 2.45) is 16.1 Å². The van der Waals surface area contributed by atoms with Gasteiger partial charge < -0.3 is 11.1 Å². The molecule has 0 radical (unpaired) electrons. The van der Waals surface area contributed by atoms with Crippen LogP contribution in [0.2, 0.25) is 0 Å². The Morgan fingerprint density at radius 1 is 1.10 bits per heavy atom. The van der Waals surface area contributed by atoms with Gasteiger partial charge >= 0.3 is 0 Å². The van der Waals surface area contributed by atoms with Gasteiger partial charge in [0.1, 0.15) is 29.1 Å². The Bertz CT molecular complexity index is 1120. The monoisotopic (exact) mass is 415 g/mol. The van der Waals surface area contributed by atoms with Crippen LogP contribution < -0.4 is 11.1 Å². The molecule has 0 aromatic heterocycles. The van der Waals surface area contributed by atoms with Gasteiger partial charge in [0.2, 0.25) is 5.91 Å². The zero-order valence-corrected chi connectivity index (χ0v) is 16.8. The predicted molar refractivity (Wildman–Crippen MR) is 106 cm³/mol. The van der Waals surface area contributed by atoms with Crippen molar-refractivity contribution in [3.05, 3.63) is 58.9 Å². The lowest BCUT2D eigenvalue weighted by Crippen LogP contribution is -2.58. The molecule has 1 aliphatic rings. The van der Waals surface area contributed by atoms with Crippen LogP contribution in [-0.2, 0) is 10.3 Å². The quantitative estimate of drug-likeness (QED) is 0.798. The van der Waals surface area contributed by atoms with E-state index in [0.717, 1.165) is 18.2 Å². The summed E-state index contributed by atoms with van der Waals surface area (Å²) in [6.07, 6.45) is 0. The molecule has 9 heteroatoms. The fourth-order valence-electron chi connectivity index (χ4n) is 3.43.